The molecule has 0 radical (unpaired) electrons. The number of quaternary nitrogens is 1. The summed E-state index contributed by atoms with van der Waals surface area (Å²) in [5.41, 5.74) is 3.06. The van der Waals surface area contributed by atoms with Crippen molar-refractivity contribution in [1.29, 1.82) is 0 Å². The topological polar surface area (TPSA) is 96.4 Å². The zero-order chi connectivity index (χ0) is 18.8. The Hall–Kier alpha value is -2.45. The highest BCUT2D eigenvalue weighted by Gasteiger charge is 2.28. The van der Waals surface area contributed by atoms with Gasteiger partial charge in [-0.2, -0.15) is 5.23 Å². The third-order valence-electron chi connectivity index (χ3n) is 4.48. The molecule has 1 aliphatic rings. The third-order valence-corrected chi connectivity index (χ3v) is 4.48. The molecule has 1 aromatic carbocycles. The molecule has 0 saturated carbocycles. The molecule has 1 fully saturated rings. The van der Waals surface area contributed by atoms with Gasteiger partial charge in [-0.05, 0) is 37.1 Å². The van der Waals surface area contributed by atoms with Gasteiger partial charge in [0.2, 0.25) is 0 Å². The maximum Gasteiger partial charge on any atom is 0.291 e. The zero-order valence-corrected chi connectivity index (χ0v) is 14.9. The van der Waals surface area contributed by atoms with E-state index in [2.05, 4.69) is 0 Å². The molecule has 0 amide bonds. The van der Waals surface area contributed by atoms with E-state index in [0.717, 1.165) is 11.1 Å². The van der Waals surface area contributed by atoms with E-state index >= 15 is 0 Å². The molecule has 2 aromatic rings. The Labute approximate surface area is 150 Å². The summed E-state index contributed by atoms with van der Waals surface area (Å²) in [6.45, 7) is 3.82. The molecule has 138 valence electrons. The van der Waals surface area contributed by atoms with Gasteiger partial charge in [-0.25, -0.2) is 5.21 Å². The largest absolute Gasteiger partial charge is 0.595 e. The Balaban J connectivity index is 1.82. The van der Waals surface area contributed by atoms with E-state index < -0.39 is 5.23 Å². The van der Waals surface area contributed by atoms with Gasteiger partial charge in [0.05, 0.1) is 19.3 Å². The van der Waals surface area contributed by atoms with Crippen LogP contribution in [0.1, 0.15) is 35.0 Å². The maximum atomic E-state index is 12.3. The highest BCUT2D eigenvalue weighted by atomic mass is 16.8. The van der Waals surface area contributed by atoms with Crippen molar-refractivity contribution in [3.8, 4) is 5.95 Å². The fourth-order valence-corrected chi connectivity index (χ4v) is 3.03. The molecule has 7 nitrogen and oxygen atoms in total. The predicted molar refractivity (Wildman–Crippen MR) is 94.5 cm³/mol. The van der Waals surface area contributed by atoms with E-state index in [-0.39, 0.29) is 23.2 Å². The number of rotatable bonds is 4. The van der Waals surface area contributed by atoms with Gasteiger partial charge in [0.1, 0.15) is 11.9 Å². The minimum atomic E-state index is -0.952. The molecule has 0 spiro atoms. The first kappa shape index (κ1) is 18.3. The van der Waals surface area contributed by atoms with Crippen molar-refractivity contribution in [1.82, 2.24) is 0 Å². The molecule has 2 unspecified atom stereocenters. The van der Waals surface area contributed by atoms with E-state index in [4.69, 9.17) is 19.1 Å². The summed E-state index contributed by atoms with van der Waals surface area (Å²) in [7, 11) is 1.46. The van der Waals surface area contributed by atoms with E-state index in [9.17, 15) is 10.0 Å². The second kappa shape index (κ2) is 7.43. The van der Waals surface area contributed by atoms with Crippen LogP contribution in [0.15, 0.2) is 39.1 Å². The average molecular weight is 359 g/mol. The van der Waals surface area contributed by atoms with Crippen LogP contribution in [0.5, 0.6) is 5.95 Å². The molecular formula is C19H21NO6. The number of methoxy groups -OCH3 is 1. The second-order valence-corrected chi connectivity index (χ2v) is 6.27. The van der Waals surface area contributed by atoms with Crippen LogP contribution in [0.4, 0.5) is 5.69 Å². The number of nitrogens with one attached hydrogen (secondary N) is 1. The summed E-state index contributed by atoms with van der Waals surface area (Å²) < 4.78 is 16.7. The van der Waals surface area contributed by atoms with Crippen LogP contribution in [0.2, 0.25) is 0 Å². The number of hydrogen-bond donors (Lipinski definition) is 2. The average Bonchev–Trinajstić information content (AvgIpc) is 3.08. The molecule has 0 aliphatic carbocycles. The zero-order valence-electron chi connectivity index (χ0n) is 14.9. The van der Waals surface area contributed by atoms with Crippen molar-refractivity contribution in [2.45, 2.75) is 26.4 Å². The van der Waals surface area contributed by atoms with Crippen LogP contribution < -0.4 is 15.4 Å². The van der Waals surface area contributed by atoms with Gasteiger partial charge >= 0.3 is 0 Å². The lowest BCUT2D eigenvalue weighted by atomic mass is 10.0. The molecule has 2 N–H and O–H groups in total. The smallest absolute Gasteiger partial charge is 0.291 e. The van der Waals surface area contributed by atoms with Gasteiger partial charge in [-0.1, -0.05) is 6.08 Å². The van der Waals surface area contributed by atoms with Crippen molar-refractivity contribution in [3.05, 3.63) is 67.7 Å². The van der Waals surface area contributed by atoms with Crippen molar-refractivity contribution < 1.29 is 24.3 Å². The Morgan fingerprint density at radius 1 is 1.27 bits per heavy atom. The Morgan fingerprint density at radius 2 is 1.96 bits per heavy atom. The van der Waals surface area contributed by atoms with Crippen LogP contribution in [0.25, 0.3) is 6.08 Å². The molecular weight excluding hydrogens is 338 g/mol. The molecule has 26 heavy (non-hydrogen) atoms. The van der Waals surface area contributed by atoms with E-state index in [1.54, 1.807) is 38.1 Å². The molecule has 1 aromatic heterocycles. The molecule has 1 aliphatic heterocycles. The van der Waals surface area contributed by atoms with Gasteiger partial charge in [-0.3, -0.25) is 4.79 Å². The maximum absolute atomic E-state index is 12.3. The summed E-state index contributed by atoms with van der Waals surface area (Å²) in [5.74, 6) is 0.697. The first-order chi connectivity index (χ1) is 12.4. The molecule has 2 atom stereocenters. The van der Waals surface area contributed by atoms with Crippen LogP contribution in [0.3, 0.4) is 0 Å². The fourth-order valence-electron chi connectivity index (χ4n) is 3.03. The van der Waals surface area contributed by atoms with Crippen LogP contribution in [-0.2, 0) is 4.74 Å². The minimum Gasteiger partial charge on any atom is -0.595 e. The highest BCUT2D eigenvalue weighted by Crippen LogP contribution is 2.35. The Morgan fingerprint density at radius 3 is 2.58 bits per heavy atom. The SMILES string of the molecule is COc1oc(C2CC(=Cc3ccc([NH+]([O-])O)cc3)CO2)c(C)c(=O)c1C. The van der Waals surface area contributed by atoms with Gasteiger partial charge < -0.3 is 19.1 Å². The monoisotopic (exact) mass is 359 g/mol. The van der Waals surface area contributed by atoms with E-state index in [0.29, 0.717) is 29.9 Å². The lowest BCUT2D eigenvalue weighted by molar-refractivity contribution is -0.991. The number of ether oxygens (including phenoxy) is 2. The highest BCUT2D eigenvalue weighted by molar-refractivity contribution is 5.55. The second-order valence-electron chi connectivity index (χ2n) is 6.27. The Bertz CT molecular complexity index is 882. The molecule has 7 heteroatoms. The van der Waals surface area contributed by atoms with Crippen molar-refractivity contribution >= 4 is 11.8 Å². The van der Waals surface area contributed by atoms with Crippen LogP contribution in [-0.4, -0.2) is 18.9 Å². The lowest BCUT2D eigenvalue weighted by Crippen LogP contribution is -2.99. The third kappa shape index (κ3) is 3.56. The van der Waals surface area contributed by atoms with Gasteiger partial charge in [0.15, 0.2) is 11.1 Å². The number of benzene rings is 1. The molecule has 2 heterocycles. The summed E-state index contributed by atoms with van der Waals surface area (Å²) >= 11 is 0. The van der Waals surface area contributed by atoms with Gasteiger partial charge in [0, 0.05) is 24.1 Å². The summed E-state index contributed by atoms with van der Waals surface area (Å²) in [4.78, 5) is 12.3. The van der Waals surface area contributed by atoms with Crippen molar-refractivity contribution in [3.63, 3.8) is 0 Å². The summed E-state index contributed by atoms with van der Waals surface area (Å²) in [5, 5.41) is 18.9. The summed E-state index contributed by atoms with van der Waals surface area (Å²) in [6.07, 6.45) is 2.21. The fraction of sp³-hybridized carbons (Fsp3) is 0.316. The van der Waals surface area contributed by atoms with Gasteiger partial charge in [0.25, 0.3) is 5.95 Å². The van der Waals surface area contributed by atoms with Crippen molar-refractivity contribution in [2.75, 3.05) is 13.7 Å². The standard InChI is InChI=1S/C19H21NO6/c1-11-17(21)12(2)19(24-3)26-18(11)16-9-14(10-25-16)8-13-4-6-15(7-5-13)20(22)23/h4-8,16,20,22H,9-10H2,1-3H3. The van der Waals surface area contributed by atoms with Gasteiger partial charge in [-0.15, -0.1) is 0 Å². The van der Waals surface area contributed by atoms with Crippen LogP contribution in [0, 0.1) is 19.1 Å². The van der Waals surface area contributed by atoms with E-state index in [1.165, 1.54) is 7.11 Å². The first-order valence-corrected chi connectivity index (χ1v) is 8.23. The Kier molecular flexibility index (Phi) is 5.24. The quantitative estimate of drug-likeness (QED) is 0.813. The van der Waals surface area contributed by atoms with Crippen molar-refractivity contribution in [2.24, 2.45) is 0 Å². The first-order valence-electron chi connectivity index (χ1n) is 8.23. The minimum absolute atomic E-state index is 0.103. The molecule has 3 rings (SSSR count). The normalized spacial score (nSPS) is 19.7. The number of hydrogen-bond acceptors (Lipinski definition) is 6. The molecule has 1 saturated heterocycles. The molecule has 0 bridgehead atoms. The summed E-state index contributed by atoms with van der Waals surface area (Å²) in [6, 6.07) is 6.64. The van der Waals surface area contributed by atoms with E-state index in [1.807, 2.05) is 6.08 Å². The predicted octanol–water partition coefficient (Wildman–Crippen LogP) is 2.21. The lowest BCUT2D eigenvalue weighted by Gasteiger charge is -2.13. The van der Waals surface area contributed by atoms with Crippen LogP contribution >= 0.6 is 0 Å².